The number of ketones is 1. The van der Waals surface area contributed by atoms with E-state index in [1.807, 2.05) is 52.9 Å². The topological polar surface area (TPSA) is 76.2 Å². The molecule has 0 aliphatic rings. The zero-order chi connectivity index (χ0) is 30.6. The molecule has 0 saturated heterocycles. The van der Waals surface area contributed by atoms with Crippen molar-refractivity contribution in [3.05, 3.63) is 71.1 Å². The van der Waals surface area contributed by atoms with Crippen molar-refractivity contribution in [2.45, 2.75) is 86.5 Å². The van der Waals surface area contributed by atoms with E-state index in [0.29, 0.717) is 0 Å². The second-order valence-electron chi connectivity index (χ2n) is 12.0. The molecular formula is C36H43IrN2O3S-. The quantitative estimate of drug-likeness (QED) is 0.0965. The van der Waals surface area contributed by atoms with Gasteiger partial charge in [0, 0.05) is 55.0 Å². The van der Waals surface area contributed by atoms with Gasteiger partial charge < -0.3 is 14.5 Å². The molecular weight excluding hydrogens is 733 g/mol. The molecule has 0 saturated carbocycles. The minimum absolute atomic E-state index is 0. The van der Waals surface area contributed by atoms with E-state index in [2.05, 4.69) is 56.1 Å². The second kappa shape index (κ2) is 14.7. The number of carbonyl (C=O) groups excluding carboxylic acids is 1. The summed E-state index contributed by atoms with van der Waals surface area (Å²) in [6.45, 7) is 16.7. The molecule has 43 heavy (non-hydrogen) atoms. The molecule has 5 nitrogen and oxygen atoms in total. The molecule has 1 N–H and O–H groups in total. The number of aliphatic hydroxyl groups is 1. The van der Waals surface area contributed by atoms with Gasteiger partial charge in [0.15, 0.2) is 5.78 Å². The zero-order valence-corrected chi connectivity index (χ0v) is 29.7. The van der Waals surface area contributed by atoms with Gasteiger partial charge in [-0.15, -0.1) is 29.5 Å². The van der Waals surface area contributed by atoms with Gasteiger partial charge in [-0.25, -0.2) is 4.98 Å². The summed E-state index contributed by atoms with van der Waals surface area (Å²) in [6.07, 6.45) is 6.78. The van der Waals surface area contributed by atoms with Gasteiger partial charge in [0.25, 0.3) is 0 Å². The van der Waals surface area contributed by atoms with E-state index < -0.39 is 0 Å². The number of rotatable bonds is 8. The largest absolute Gasteiger partial charge is 0.512 e. The summed E-state index contributed by atoms with van der Waals surface area (Å²) in [5, 5.41) is 13.0. The van der Waals surface area contributed by atoms with Gasteiger partial charge in [-0.05, 0) is 49.9 Å². The van der Waals surface area contributed by atoms with Crippen molar-refractivity contribution in [3.63, 3.8) is 0 Å². The van der Waals surface area contributed by atoms with Crippen molar-refractivity contribution in [2.75, 3.05) is 0 Å². The first-order valence-electron chi connectivity index (χ1n) is 15.1. The number of benzene rings is 2. The number of aryl methyl sites for hydroxylation is 1. The van der Waals surface area contributed by atoms with Gasteiger partial charge in [-0.1, -0.05) is 77.6 Å². The van der Waals surface area contributed by atoms with E-state index in [4.69, 9.17) is 9.40 Å². The number of aliphatic hydroxyl groups excluding tert-OH is 1. The number of nitrogens with zero attached hydrogens (tertiary/aromatic N) is 2. The van der Waals surface area contributed by atoms with Crippen LogP contribution in [0.5, 0.6) is 0 Å². The Morgan fingerprint density at radius 1 is 0.977 bits per heavy atom. The Bertz CT molecular complexity index is 1700. The number of hydrogen-bond acceptors (Lipinski definition) is 6. The number of allylic oxidation sites excluding steroid dienone is 2. The predicted molar refractivity (Wildman–Crippen MR) is 176 cm³/mol. The average Bonchev–Trinajstić information content (AvgIpc) is 3.57. The second-order valence-corrected chi connectivity index (χ2v) is 13.0. The third kappa shape index (κ3) is 7.63. The molecule has 2 aromatic carbocycles. The van der Waals surface area contributed by atoms with Gasteiger partial charge in [-0.3, -0.25) is 4.79 Å². The summed E-state index contributed by atoms with van der Waals surface area (Å²) in [5.74, 6) is 0.547. The number of furan rings is 1. The van der Waals surface area contributed by atoms with E-state index >= 15 is 0 Å². The van der Waals surface area contributed by atoms with Gasteiger partial charge >= 0.3 is 0 Å². The van der Waals surface area contributed by atoms with Crippen molar-refractivity contribution >= 4 is 49.3 Å². The summed E-state index contributed by atoms with van der Waals surface area (Å²) in [5.41, 5.74) is 5.53. The molecule has 0 aliphatic heterocycles. The number of fused-ring (bicyclic) bond motifs is 5. The third-order valence-electron chi connectivity index (χ3n) is 7.85. The monoisotopic (exact) mass is 776 g/mol. The van der Waals surface area contributed by atoms with Crippen LogP contribution in [0.1, 0.15) is 84.7 Å². The van der Waals surface area contributed by atoms with Crippen molar-refractivity contribution in [2.24, 2.45) is 11.8 Å². The van der Waals surface area contributed by atoms with E-state index in [0.717, 1.165) is 79.7 Å². The predicted octanol–water partition coefficient (Wildman–Crippen LogP) is 10.5. The summed E-state index contributed by atoms with van der Waals surface area (Å²) in [7, 11) is 0. The van der Waals surface area contributed by atoms with Crippen LogP contribution in [0.4, 0.5) is 0 Å². The molecule has 3 heterocycles. The number of thiazole rings is 1. The molecule has 3 aromatic heterocycles. The molecule has 0 amide bonds. The Balaban J connectivity index is 0.000000274. The van der Waals surface area contributed by atoms with Gasteiger partial charge in [-0.2, -0.15) is 0 Å². The summed E-state index contributed by atoms with van der Waals surface area (Å²) < 4.78 is 7.54. The molecule has 0 bridgehead atoms. The number of pyridine rings is 1. The van der Waals surface area contributed by atoms with Crippen LogP contribution in [0, 0.1) is 24.8 Å². The molecule has 0 aliphatic carbocycles. The fraction of sp³-hybridized carbons (Fsp3) is 0.417. The van der Waals surface area contributed by atoms with Crippen LogP contribution in [0.2, 0.25) is 0 Å². The van der Waals surface area contributed by atoms with E-state index in [9.17, 15) is 9.90 Å². The molecule has 0 spiro atoms. The molecule has 5 aromatic rings. The van der Waals surface area contributed by atoms with E-state index in [1.54, 1.807) is 11.3 Å². The SMILES string of the molecule is CCC(CC)C(=O)/C=C(\O)C(CC)CC.Cc1ccc(-c2[c-]ccc3c2oc2c3ccc3sc(C(C)(C)C)nc32)nc1.[Ir]. The summed E-state index contributed by atoms with van der Waals surface area (Å²) in [4.78, 5) is 21.2. The fourth-order valence-corrected chi connectivity index (χ4v) is 6.12. The number of aromatic nitrogens is 2. The maximum Gasteiger partial charge on any atom is 0.162 e. The number of carbonyl (C=O) groups is 1. The average molecular weight is 776 g/mol. The van der Waals surface area contributed by atoms with Crippen LogP contribution in [-0.4, -0.2) is 20.9 Å². The normalized spacial score (nSPS) is 12.2. The Hall–Kier alpha value is -2.86. The van der Waals surface area contributed by atoms with Gasteiger partial charge in [0.2, 0.25) is 0 Å². The number of hydrogen-bond donors (Lipinski definition) is 1. The molecule has 231 valence electrons. The minimum Gasteiger partial charge on any atom is -0.512 e. The third-order valence-corrected chi connectivity index (χ3v) is 9.30. The van der Waals surface area contributed by atoms with Gasteiger partial charge in [0.05, 0.1) is 21.0 Å². The van der Waals surface area contributed by atoms with Gasteiger partial charge in [0.1, 0.15) is 11.1 Å². The smallest absolute Gasteiger partial charge is 0.162 e. The summed E-state index contributed by atoms with van der Waals surface area (Å²) >= 11 is 1.74. The van der Waals surface area contributed by atoms with Crippen LogP contribution in [-0.2, 0) is 30.3 Å². The summed E-state index contributed by atoms with van der Waals surface area (Å²) in [6, 6.07) is 15.7. The first-order valence-corrected chi connectivity index (χ1v) is 15.9. The molecule has 1 radical (unpaired) electrons. The first kappa shape index (κ1) is 34.6. The molecule has 0 atom stereocenters. The van der Waals surface area contributed by atoms with Crippen molar-refractivity contribution < 1.29 is 34.4 Å². The van der Waals surface area contributed by atoms with Crippen molar-refractivity contribution in [3.8, 4) is 11.3 Å². The van der Waals surface area contributed by atoms with E-state index in [-0.39, 0.29) is 48.9 Å². The van der Waals surface area contributed by atoms with Crippen LogP contribution < -0.4 is 0 Å². The Kier molecular flexibility index (Phi) is 11.9. The molecule has 0 unspecified atom stereocenters. The minimum atomic E-state index is 0. The Morgan fingerprint density at radius 2 is 1.63 bits per heavy atom. The zero-order valence-electron chi connectivity index (χ0n) is 26.5. The maximum atomic E-state index is 11.7. The molecule has 5 rings (SSSR count). The van der Waals surface area contributed by atoms with Crippen LogP contribution in [0.3, 0.4) is 0 Å². The van der Waals surface area contributed by atoms with Crippen LogP contribution in [0.25, 0.3) is 43.4 Å². The van der Waals surface area contributed by atoms with Crippen molar-refractivity contribution in [1.82, 2.24) is 9.97 Å². The maximum absolute atomic E-state index is 11.7. The van der Waals surface area contributed by atoms with Crippen molar-refractivity contribution in [1.29, 1.82) is 0 Å². The Labute approximate surface area is 273 Å². The fourth-order valence-electron chi connectivity index (χ4n) is 5.10. The van der Waals surface area contributed by atoms with Crippen LogP contribution in [0.15, 0.2) is 58.8 Å². The molecule has 7 heteroatoms. The van der Waals surface area contributed by atoms with Crippen LogP contribution >= 0.6 is 11.3 Å². The Morgan fingerprint density at radius 3 is 2.21 bits per heavy atom. The first-order chi connectivity index (χ1) is 20.0. The molecule has 0 fully saturated rings. The standard InChI is InChI=1S/C23H19N2OS.C13H24O2.Ir/c1-13-8-10-17(24-12-13)16-7-5-6-14-15-9-11-18-19(21(15)26-20(14)16)25-22(27-18)23(2,3)4;1-5-10(6-2)12(14)9-13(15)11(7-3)8-4;/h5-6,8-12H,1-4H3;9-11,14H,5-8H2,1-4H3;/q-1;;/b;12-9-;. The van der Waals surface area contributed by atoms with E-state index in [1.165, 1.54) is 6.08 Å².